The molecule has 2 fully saturated rings. The SMILES string of the molecule is c1csc(CN2CCCC3CNCC32)n1. The van der Waals surface area contributed by atoms with E-state index in [0.29, 0.717) is 0 Å². The Hall–Kier alpha value is -0.450. The predicted octanol–water partition coefficient (Wildman–Crippen LogP) is 1.33. The number of aromatic nitrogens is 1. The summed E-state index contributed by atoms with van der Waals surface area (Å²) in [7, 11) is 0. The number of thiazole rings is 1. The highest BCUT2D eigenvalue weighted by atomic mass is 32.1. The van der Waals surface area contributed by atoms with Crippen molar-refractivity contribution in [3.8, 4) is 0 Å². The summed E-state index contributed by atoms with van der Waals surface area (Å²) in [4.78, 5) is 7.00. The highest BCUT2D eigenvalue weighted by molar-refractivity contribution is 7.09. The van der Waals surface area contributed by atoms with Gasteiger partial charge in [0.2, 0.25) is 0 Å². The molecule has 0 radical (unpaired) electrons. The van der Waals surface area contributed by atoms with Gasteiger partial charge in [-0.2, -0.15) is 0 Å². The van der Waals surface area contributed by atoms with Gasteiger partial charge in [0.15, 0.2) is 0 Å². The first-order valence-electron chi connectivity index (χ1n) is 5.76. The maximum atomic E-state index is 4.38. The molecule has 0 bridgehead atoms. The van der Waals surface area contributed by atoms with E-state index in [1.807, 2.05) is 6.20 Å². The molecule has 2 unspecified atom stereocenters. The van der Waals surface area contributed by atoms with Gasteiger partial charge in [0.05, 0.1) is 6.54 Å². The van der Waals surface area contributed by atoms with Crippen LogP contribution in [0.2, 0.25) is 0 Å². The summed E-state index contributed by atoms with van der Waals surface area (Å²) in [6.45, 7) is 4.71. The fourth-order valence-corrected chi connectivity index (χ4v) is 3.51. The van der Waals surface area contributed by atoms with E-state index in [2.05, 4.69) is 20.6 Å². The van der Waals surface area contributed by atoms with Crippen molar-refractivity contribution < 1.29 is 0 Å². The lowest BCUT2D eigenvalue weighted by Crippen LogP contribution is -2.44. The zero-order chi connectivity index (χ0) is 10.1. The molecule has 3 nitrogen and oxygen atoms in total. The monoisotopic (exact) mass is 223 g/mol. The van der Waals surface area contributed by atoms with Gasteiger partial charge in [-0.3, -0.25) is 4.90 Å². The quantitative estimate of drug-likeness (QED) is 0.820. The maximum absolute atomic E-state index is 4.38. The van der Waals surface area contributed by atoms with E-state index in [0.717, 1.165) is 18.5 Å². The molecule has 2 aliphatic heterocycles. The van der Waals surface area contributed by atoms with E-state index in [4.69, 9.17) is 0 Å². The third-order valence-corrected chi connectivity index (χ3v) is 4.38. The van der Waals surface area contributed by atoms with Crippen LogP contribution < -0.4 is 5.32 Å². The number of fused-ring (bicyclic) bond motifs is 1. The minimum absolute atomic E-state index is 0.766. The largest absolute Gasteiger partial charge is 0.315 e. The van der Waals surface area contributed by atoms with E-state index >= 15 is 0 Å². The van der Waals surface area contributed by atoms with Gasteiger partial charge in [-0.05, 0) is 31.8 Å². The zero-order valence-corrected chi connectivity index (χ0v) is 9.67. The van der Waals surface area contributed by atoms with Crippen LogP contribution in [0.25, 0.3) is 0 Å². The van der Waals surface area contributed by atoms with E-state index in [1.165, 1.54) is 37.5 Å². The summed E-state index contributed by atoms with van der Waals surface area (Å²) in [5.74, 6) is 0.888. The number of piperidine rings is 1. The first-order chi connectivity index (χ1) is 7.43. The highest BCUT2D eigenvalue weighted by Crippen LogP contribution is 2.27. The molecule has 1 aromatic heterocycles. The molecule has 0 spiro atoms. The standard InChI is InChI=1S/C11H17N3S/c1-2-9-6-12-7-10(9)14(4-1)8-11-13-3-5-15-11/h3,5,9-10,12H,1-2,4,6-8H2. The van der Waals surface area contributed by atoms with Crippen LogP contribution in [0, 0.1) is 5.92 Å². The van der Waals surface area contributed by atoms with Gasteiger partial charge < -0.3 is 5.32 Å². The molecule has 82 valence electrons. The molecule has 2 atom stereocenters. The Bertz CT molecular complexity index is 312. The van der Waals surface area contributed by atoms with Gasteiger partial charge >= 0.3 is 0 Å². The second-order valence-electron chi connectivity index (χ2n) is 4.52. The number of nitrogens with zero attached hydrogens (tertiary/aromatic N) is 2. The predicted molar refractivity (Wildman–Crippen MR) is 61.9 cm³/mol. The third-order valence-electron chi connectivity index (χ3n) is 3.62. The Labute approximate surface area is 94.5 Å². The molecule has 4 heteroatoms. The third kappa shape index (κ3) is 1.94. The van der Waals surface area contributed by atoms with Crippen molar-refractivity contribution >= 4 is 11.3 Å². The minimum atomic E-state index is 0.766. The van der Waals surface area contributed by atoms with Crippen LogP contribution in [-0.2, 0) is 6.54 Å². The van der Waals surface area contributed by atoms with Gasteiger partial charge in [0.25, 0.3) is 0 Å². The molecule has 15 heavy (non-hydrogen) atoms. The van der Waals surface area contributed by atoms with Gasteiger partial charge in [-0.25, -0.2) is 4.98 Å². The van der Waals surface area contributed by atoms with E-state index in [1.54, 1.807) is 11.3 Å². The maximum Gasteiger partial charge on any atom is 0.107 e. The van der Waals surface area contributed by atoms with Crippen LogP contribution in [0.3, 0.4) is 0 Å². The average molecular weight is 223 g/mol. The molecule has 0 aliphatic carbocycles. The molecular weight excluding hydrogens is 206 g/mol. The molecule has 0 amide bonds. The van der Waals surface area contributed by atoms with Crippen molar-refractivity contribution in [3.05, 3.63) is 16.6 Å². The van der Waals surface area contributed by atoms with E-state index in [9.17, 15) is 0 Å². The minimum Gasteiger partial charge on any atom is -0.315 e. The van der Waals surface area contributed by atoms with Crippen LogP contribution in [-0.4, -0.2) is 35.6 Å². The lowest BCUT2D eigenvalue weighted by atomic mass is 9.92. The molecule has 1 N–H and O–H groups in total. The molecule has 3 rings (SSSR count). The number of likely N-dealkylation sites (tertiary alicyclic amines) is 1. The first kappa shape index (κ1) is 9.75. The molecule has 2 saturated heterocycles. The Morgan fingerprint density at radius 3 is 3.40 bits per heavy atom. The fourth-order valence-electron chi connectivity index (χ4n) is 2.86. The fraction of sp³-hybridized carbons (Fsp3) is 0.727. The summed E-state index contributed by atoms with van der Waals surface area (Å²) in [6, 6.07) is 0.766. The molecular formula is C11H17N3S. The summed E-state index contributed by atoms with van der Waals surface area (Å²) >= 11 is 1.78. The van der Waals surface area contributed by atoms with Crippen molar-refractivity contribution in [1.82, 2.24) is 15.2 Å². The number of rotatable bonds is 2. The van der Waals surface area contributed by atoms with Gasteiger partial charge in [0, 0.05) is 24.2 Å². The Balaban J connectivity index is 1.69. The van der Waals surface area contributed by atoms with Crippen molar-refractivity contribution in [2.24, 2.45) is 5.92 Å². The molecule has 0 saturated carbocycles. The lowest BCUT2D eigenvalue weighted by molar-refractivity contribution is 0.117. The van der Waals surface area contributed by atoms with Crippen molar-refractivity contribution in [1.29, 1.82) is 0 Å². The summed E-state index contributed by atoms with van der Waals surface area (Å²) in [6.07, 6.45) is 4.68. The molecule has 3 heterocycles. The Kier molecular flexibility index (Phi) is 2.73. The zero-order valence-electron chi connectivity index (χ0n) is 8.85. The normalized spacial score (nSPS) is 31.7. The van der Waals surface area contributed by atoms with Crippen LogP contribution >= 0.6 is 11.3 Å². The lowest BCUT2D eigenvalue weighted by Gasteiger charge is -2.36. The van der Waals surface area contributed by atoms with Crippen LogP contribution in [0.4, 0.5) is 0 Å². The Morgan fingerprint density at radius 2 is 2.53 bits per heavy atom. The number of hydrogen-bond donors (Lipinski definition) is 1. The summed E-state index contributed by atoms with van der Waals surface area (Å²) in [5.41, 5.74) is 0. The molecule has 2 aliphatic rings. The topological polar surface area (TPSA) is 28.2 Å². The van der Waals surface area contributed by atoms with Gasteiger partial charge in [0.1, 0.15) is 5.01 Å². The average Bonchev–Trinajstić information content (AvgIpc) is 2.87. The smallest absolute Gasteiger partial charge is 0.107 e. The second kappa shape index (κ2) is 4.20. The van der Waals surface area contributed by atoms with Crippen LogP contribution in [0.5, 0.6) is 0 Å². The van der Waals surface area contributed by atoms with Crippen LogP contribution in [0.1, 0.15) is 17.8 Å². The van der Waals surface area contributed by atoms with E-state index < -0.39 is 0 Å². The van der Waals surface area contributed by atoms with Crippen molar-refractivity contribution in [2.75, 3.05) is 19.6 Å². The van der Waals surface area contributed by atoms with Crippen LogP contribution in [0.15, 0.2) is 11.6 Å². The molecule has 0 aromatic carbocycles. The number of nitrogens with one attached hydrogen (secondary N) is 1. The van der Waals surface area contributed by atoms with Crippen molar-refractivity contribution in [2.45, 2.75) is 25.4 Å². The summed E-state index contributed by atoms with van der Waals surface area (Å²) < 4.78 is 0. The Morgan fingerprint density at radius 1 is 1.53 bits per heavy atom. The van der Waals surface area contributed by atoms with Crippen molar-refractivity contribution in [3.63, 3.8) is 0 Å². The second-order valence-corrected chi connectivity index (χ2v) is 5.50. The van der Waals surface area contributed by atoms with Gasteiger partial charge in [-0.1, -0.05) is 0 Å². The first-order valence-corrected chi connectivity index (χ1v) is 6.64. The van der Waals surface area contributed by atoms with E-state index in [-0.39, 0.29) is 0 Å². The molecule has 1 aromatic rings. The number of hydrogen-bond acceptors (Lipinski definition) is 4. The summed E-state index contributed by atoms with van der Waals surface area (Å²) in [5, 5.41) is 6.85. The highest BCUT2D eigenvalue weighted by Gasteiger charge is 2.34. The van der Waals surface area contributed by atoms with Gasteiger partial charge in [-0.15, -0.1) is 11.3 Å².